The predicted molar refractivity (Wildman–Crippen MR) is 103 cm³/mol. The topological polar surface area (TPSA) is 92.3 Å². The van der Waals surface area contributed by atoms with Gasteiger partial charge in [-0.2, -0.15) is 0 Å². The molecule has 27 heavy (non-hydrogen) atoms. The van der Waals surface area contributed by atoms with Crippen molar-refractivity contribution >= 4 is 38.7 Å². The van der Waals surface area contributed by atoms with Crippen LogP contribution in [0.1, 0.15) is 10.5 Å². The average Bonchev–Trinajstić information content (AvgIpc) is 2.66. The molecule has 0 aliphatic rings. The van der Waals surface area contributed by atoms with Crippen molar-refractivity contribution in [2.45, 2.75) is 5.16 Å². The summed E-state index contributed by atoms with van der Waals surface area (Å²) in [6, 6.07) is 18.3. The number of aromatic nitrogens is 2. The van der Waals surface area contributed by atoms with Gasteiger partial charge in [0.2, 0.25) is 15.0 Å². The van der Waals surface area contributed by atoms with E-state index in [2.05, 4.69) is 15.4 Å². The molecule has 3 rings (SSSR count). The first-order chi connectivity index (χ1) is 12.9. The van der Waals surface area contributed by atoms with Gasteiger partial charge in [-0.05, 0) is 24.3 Å². The van der Waals surface area contributed by atoms with Crippen LogP contribution in [0.3, 0.4) is 0 Å². The monoisotopic (exact) mass is 402 g/mol. The Bertz CT molecular complexity index is 1020. The number of hydrazine groups is 1. The number of benzene rings is 2. The lowest BCUT2D eigenvalue weighted by Gasteiger charge is -2.25. The summed E-state index contributed by atoms with van der Waals surface area (Å²) in [7, 11) is -3.68. The third-order valence-corrected chi connectivity index (χ3v) is 4.65. The van der Waals surface area contributed by atoms with Crippen molar-refractivity contribution in [1.82, 2.24) is 15.4 Å². The van der Waals surface area contributed by atoms with E-state index in [0.717, 1.165) is 12.5 Å². The maximum Gasteiger partial charge on any atom is 0.290 e. The van der Waals surface area contributed by atoms with Gasteiger partial charge < -0.3 is 0 Å². The highest BCUT2D eigenvalue weighted by molar-refractivity contribution is 7.90. The molecule has 0 fully saturated rings. The molecule has 0 aliphatic heterocycles. The average molecular weight is 403 g/mol. The fourth-order valence-electron chi connectivity index (χ4n) is 2.28. The predicted octanol–water partition coefficient (Wildman–Crippen LogP) is 3.02. The van der Waals surface area contributed by atoms with E-state index in [1.54, 1.807) is 5.01 Å². The van der Waals surface area contributed by atoms with Gasteiger partial charge in [0, 0.05) is 6.26 Å². The molecule has 0 atom stereocenters. The van der Waals surface area contributed by atoms with Crippen LogP contribution >= 0.6 is 11.6 Å². The number of halogens is 1. The smallest absolute Gasteiger partial charge is 0.266 e. The summed E-state index contributed by atoms with van der Waals surface area (Å²) in [6.45, 7) is 0. The van der Waals surface area contributed by atoms with Gasteiger partial charge >= 0.3 is 0 Å². The molecular weight excluding hydrogens is 388 g/mol. The third kappa shape index (κ3) is 4.42. The Hall–Kier alpha value is -2.97. The number of rotatable bonds is 5. The first-order valence-corrected chi connectivity index (χ1v) is 10.1. The molecule has 1 aromatic heterocycles. The highest BCUT2D eigenvalue weighted by Gasteiger charge is 2.21. The molecule has 3 aromatic rings. The van der Waals surface area contributed by atoms with Crippen LogP contribution in [0.25, 0.3) is 0 Å². The third-order valence-electron chi connectivity index (χ3n) is 3.51. The zero-order valence-corrected chi connectivity index (χ0v) is 15.8. The summed E-state index contributed by atoms with van der Waals surface area (Å²) in [5, 5.41) is 1.03. The molecule has 0 unspecified atom stereocenters. The molecule has 9 heteroatoms. The minimum absolute atomic E-state index is 0.0547. The molecule has 0 saturated carbocycles. The minimum Gasteiger partial charge on any atom is -0.266 e. The largest absolute Gasteiger partial charge is 0.290 e. The second kappa shape index (κ2) is 7.73. The molecular formula is C18H15ClN4O3S. The van der Waals surface area contributed by atoms with Crippen molar-refractivity contribution in [1.29, 1.82) is 0 Å². The molecule has 138 valence electrons. The molecule has 1 N–H and O–H groups in total. The van der Waals surface area contributed by atoms with Crippen molar-refractivity contribution in [3.8, 4) is 0 Å². The number of hydrogen-bond donors (Lipinski definition) is 1. The molecule has 1 amide bonds. The Balaban J connectivity index is 1.99. The van der Waals surface area contributed by atoms with E-state index in [0.29, 0.717) is 11.4 Å². The van der Waals surface area contributed by atoms with Crippen LogP contribution in [0, 0.1) is 0 Å². The maximum absolute atomic E-state index is 12.8. The summed E-state index contributed by atoms with van der Waals surface area (Å²) in [6.07, 6.45) is 2.05. The van der Waals surface area contributed by atoms with Crippen LogP contribution in [0.15, 0.2) is 72.0 Å². The molecule has 7 nitrogen and oxygen atoms in total. The Morgan fingerprint density at radius 2 is 1.52 bits per heavy atom. The van der Waals surface area contributed by atoms with Crippen LogP contribution in [0.5, 0.6) is 0 Å². The summed E-state index contributed by atoms with van der Waals surface area (Å²) in [5.74, 6) is -0.667. The Labute approximate surface area is 161 Å². The Morgan fingerprint density at radius 1 is 1.00 bits per heavy atom. The number of para-hydroxylation sites is 2. The van der Waals surface area contributed by atoms with E-state index in [9.17, 15) is 13.2 Å². The number of hydrogen-bond acceptors (Lipinski definition) is 6. The highest BCUT2D eigenvalue weighted by atomic mass is 35.5. The van der Waals surface area contributed by atoms with Gasteiger partial charge in [0.25, 0.3) is 5.91 Å². The first-order valence-electron chi connectivity index (χ1n) is 7.80. The Morgan fingerprint density at radius 3 is 2.00 bits per heavy atom. The molecule has 1 heterocycles. The number of carbonyl (C=O) groups excluding carboxylic acids is 1. The molecule has 0 bridgehead atoms. The first kappa shape index (κ1) is 18.8. The summed E-state index contributed by atoms with van der Waals surface area (Å²) >= 11 is 6.02. The van der Waals surface area contributed by atoms with Gasteiger partial charge in [0.05, 0.1) is 22.6 Å². The normalized spacial score (nSPS) is 11.0. The maximum atomic E-state index is 12.8. The summed E-state index contributed by atoms with van der Waals surface area (Å²) < 4.78 is 23.3. The van der Waals surface area contributed by atoms with E-state index in [-0.39, 0.29) is 10.7 Å². The molecule has 0 spiro atoms. The number of amides is 1. The fraction of sp³-hybridized carbons (Fsp3) is 0.0556. The lowest BCUT2D eigenvalue weighted by molar-refractivity contribution is 0.0948. The SMILES string of the molecule is CS(=O)(=O)c1ncc(Cl)c(C(=O)NN(c2ccccc2)c2ccccc2)n1. The van der Waals surface area contributed by atoms with E-state index < -0.39 is 20.9 Å². The van der Waals surface area contributed by atoms with E-state index in [4.69, 9.17) is 11.6 Å². The van der Waals surface area contributed by atoms with E-state index in [1.165, 1.54) is 0 Å². The van der Waals surface area contributed by atoms with Gasteiger partial charge in [0.1, 0.15) is 0 Å². The van der Waals surface area contributed by atoms with Crippen LogP contribution in [-0.4, -0.2) is 30.5 Å². The molecule has 0 saturated heterocycles. The summed E-state index contributed by atoms with van der Waals surface area (Å²) in [4.78, 5) is 20.3. The number of carbonyl (C=O) groups is 1. The zero-order valence-electron chi connectivity index (χ0n) is 14.2. The van der Waals surface area contributed by atoms with Crippen molar-refractivity contribution in [3.63, 3.8) is 0 Å². The number of sulfone groups is 1. The van der Waals surface area contributed by atoms with Crippen LogP contribution in [0.4, 0.5) is 11.4 Å². The van der Waals surface area contributed by atoms with Gasteiger partial charge in [-0.25, -0.2) is 18.4 Å². The zero-order chi connectivity index (χ0) is 19.4. The van der Waals surface area contributed by atoms with Crippen LogP contribution < -0.4 is 10.4 Å². The van der Waals surface area contributed by atoms with Gasteiger partial charge in [-0.15, -0.1) is 0 Å². The molecule has 0 aliphatic carbocycles. The quantitative estimate of drug-likeness (QED) is 0.521. The lowest BCUT2D eigenvalue weighted by Crippen LogP contribution is -2.39. The van der Waals surface area contributed by atoms with Crippen molar-refractivity contribution in [3.05, 3.63) is 77.6 Å². The van der Waals surface area contributed by atoms with Crippen molar-refractivity contribution in [2.24, 2.45) is 0 Å². The standard InChI is InChI=1S/C18H15ClN4O3S/c1-27(25,26)18-20-12-15(19)16(21-18)17(24)22-23(13-8-4-2-5-9-13)14-10-6-3-7-11-14/h2-12H,1H3,(H,22,24). The van der Waals surface area contributed by atoms with Crippen LogP contribution in [-0.2, 0) is 9.84 Å². The molecule has 0 radical (unpaired) electrons. The van der Waals surface area contributed by atoms with Gasteiger partial charge in [0.15, 0.2) is 5.69 Å². The fourth-order valence-corrected chi connectivity index (χ4v) is 2.95. The van der Waals surface area contributed by atoms with Crippen molar-refractivity contribution < 1.29 is 13.2 Å². The second-order valence-electron chi connectivity index (χ2n) is 5.57. The lowest BCUT2D eigenvalue weighted by atomic mass is 10.2. The number of anilines is 2. The highest BCUT2D eigenvalue weighted by Crippen LogP contribution is 2.23. The van der Waals surface area contributed by atoms with E-state index >= 15 is 0 Å². The van der Waals surface area contributed by atoms with Gasteiger partial charge in [-0.3, -0.25) is 15.2 Å². The molecule has 2 aromatic carbocycles. The number of nitrogens with zero attached hydrogens (tertiary/aromatic N) is 3. The van der Waals surface area contributed by atoms with E-state index in [1.807, 2.05) is 60.7 Å². The van der Waals surface area contributed by atoms with Crippen LogP contribution in [0.2, 0.25) is 5.02 Å². The van der Waals surface area contributed by atoms with Crippen molar-refractivity contribution in [2.75, 3.05) is 11.3 Å². The number of nitrogens with one attached hydrogen (secondary N) is 1. The Kier molecular flexibility index (Phi) is 5.38. The second-order valence-corrected chi connectivity index (χ2v) is 7.89. The van der Waals surface area contributed by atoms with Gasteiger partial charge in [-0.1, -0.05) is 48.0 Å². The summed E-state index contributed by atoms with van der Waals surface area (Å²) in [5.41, 5.74) is 3.88. The minimum atomic E-state index is -3.68.